The molecule has 0 aliphatic heterocycles. The van der Waals surface area contributed by atoms with Crippen LogP contribution in [0, 0.1) is 0 Å². The number of phenols is 1. The Kier molecular flexibility index (Phi) is 4.62. The van der Waals surface area contributed by atoms with Crippen molar-refractivity contribution in [1.82, 2.24) is 0 Å². The predicted molar refractivity (Wildman–Crippen MR) is 94.6 cm³/mol. The number of rotatable bonds is 5. The quantitative estimate of drug-likeness (QED) is 0.694. The molecule has 0 spiro atoms. The maximum absolute atomic E-state index is 12.6. The Hall–Kier alpha value is -3.07. The molecule has 3 aromatic rings. The summed E-state index contributed by atoms with van der Waals surface area (Å²) in [5.74, 6) is 0.263. The lowest BCUT2D eigenvalue weighted by atomic mass is 9.99. The van der Waals surface area contributed by atoms with Crippen LogP contribution in [0.3, 0.4) is 0 Å². The highest BCUT2D eigenvalue weighted by Crippen LogP contribution is 2.27. The molecule has 0 aliphatic rings. The van der Waals surface area contributed by atoms with E-state index in [1.165, 1.54) is 6.07 Å². The van der Waals surface area contributed by atoms with Crippen LogP contribution in [0.1, 0.15) is 22.8 Å². The highest BCUT2D eigenvalue weighted by Gasteiger charge is 2.14. The highest BCUT2D eigenvalue weighted by atomic mass is 16.5. The second-order valence-electron chi connectivity index (χ2n) is 5.38. The molecule has 1 N–H and O–H groups in total. The number of ether oxygens (including phenoxy) is 1. The largest absolute Gasteiger partial charge is 0.507 e. The molecule has 0 bridgehead atoms. The van der Waals surface area contributed by atoms with Crippen LogP contribution in [0.2, 0.25) is 0 Å². The molecule has 0 aromatic heterocycles. The third-order valence-electron chi connectivity index (χ3n) is 3.78. The zero-order valence-electron chi connectivity index (χ0n) is 13.4. The first-order chi connectivity index (χ1) is 11.7. The molecule has 0 radical (unpaired) electrons. The molecule has 3 heteroatoms. The molecule has 0 heterocycles. The van der Waals surface area contributed by atoms with Crippen LogP contribution in [-0.2, 0) is 0 Å². The van der Waals surface area contributed by atoms with Crippen molar-refractivity contribution in [2.75, 3.05) is 6.61 Å². The van der Waals surface area contributed by atoms with E-state index in [9.17, 15) is 9.90 Å². The zero-order valence-corrected chi connectivity index (χ0v) is 13.4. The number of ketones is 1. The van der Waals surface area contributed by atoms with Crippen molar-refractivity contribution >= 4 is 5.78 Å². The molecular weight excluding hydrogens is 300 g/mol. The van der Waals surface area contributed by atoms with E-state index < -0.39 is 0 Å². The third-order valence-corrected chi connectivity index (χ3v) is 3.78. The lowest BCUT2D eigenvalue weighted by molar-refractivity contribution is 0.103. The Bertz CT molecular complexity index is 837. The molecule has 0 aliphatic carbocycles. The van der Waals surface area contributed by atoms with Gasteiger partial charge in [0.15, 0.2) is 5.78 Å². The molecular formula is C21H18O3. The Morgan fingerprint density at radius 2 is 1.58 bits per heavy atom. The van der Waals surface area contributed by atoms with Crippen molar-refractivity contribution in [2.45, 2.75) is 6.92 Å². The monoisotopic (exact) mass is 318 g/mol. The average molecular weight is 318 g/mol. The molecule has 0 atom stereocenters. The summed E-state index contributed by atoms with van der Waals surface area (Å²) in [5.41, 5.74) is 2.95. The standard InChI is InChI=1S/C21H18O3/c1-2-24-18-12-13-19(20(22)14-18)21(23)17-10-8-16(9-11-17)15-6-4-3-5-7-15/h3-14,22H,2H2,1H3. The van der Waals surface area contributed by atoms with Crippen LogP contribution in [0.4, 0.5) is 0 Å². The number of phenolic OH excluding ortho intramolecular Hbond substituents is 1. The molecule has 0 amide bonds. The fraction of sp³-hybridized carbons (Fsp3) is 0.0952. The summed E-state index contributed by atoms with van der Waals surface area (Å²) in [6.45, 7) is 2.37. The minimum absolute atomic E-state index is 0.0712. The summed E-state index contributed by atoms with van der Waals surface area (Å²) in [5, 5.41) is 10.1. The SMILES string of the molecule is CCOc1ccc(C(=O)c2ccc(-c3ccccc3)cc2)c(O)c1. The zero-order chi connectivity index (χ0) is 16.9. The Morgan fingerprint density at radius 3 is 2.21 bits per heavy atom. The Labute approximate surface area is 141 Å². The smallest absolute Gasteiger partial charge is 0.196 e. The van der Waals surface area contributed by atoms with Gasteiger partial charge in [0.25, 0.3) is 0 Å². The van der Waals surface area contributed by atoms with Gasteiger partial charge < -0.3 is 9.84 Å². The van der Waals surface area contributed by atoms with Gasteiger partial charge in [-0.15, -0.1) is 0 Å². The normalized spacial score (nSPS) is 10.4. The fourth-order valence-corrected chi connectivity index (χ4v) is 2.56. The summed E-state index contributed by atoms with van der Waals surface area (Å²) < 4.78 is 5.32. The van der Waals surface area contributed by atoms with Gasteiger partial charge in [-0.25, -0.2) is 0 Å². The van der Waals surface area contributed by atoms with E-state index in [2.05, 4.69) is 0 Å². The second-order valence-corrected chi connectivity index (χ2v) is 5.38. The second kappa shape index (κ2) is 7.01. The van der Waals surface area contributed by atoms with Crippen LogP contribution in [0.5, 0.6) is 11.5 Å². The number of aromatic hydroxyl groups is 1. The van der Waals surface area contributed by atoms with Crippen LogP contribution in [0.25, 0.3) is 11.1 Å². The Morgan fingerprint density at radius 1 is 0.917 bits per heavy atom. The molecule has 0 saturated heterocycles. The molecule has 120 valence electrons. The van der Waals surface area contributed by atoms with E-state index in [0.717, 1.165) is 11.1 Å². The van der Waals surface area contributed by atoms with Gasteiger partial charge in [-0.1, -0.05) is 54.6 Å². The van der Waals surface area contributed by atoms with Gasteiger partial charge in [0.1, 0.15) is 11.5 Å². The summed E-state index contributed by atoms with van der Waals surface area (Å²) in [7, 11) is 0. The molecule has 0 fully saturated rings. The van der Waals surface area contributed by atoms with Gasteiger partial charge >= 0.3 is 0 Å². The number of carbonyl (C=O) groups is 1. The van der Waals surface area contributed by atoms with Gasteiger partial charge in [0, 0.05) is 11.6 Å². The van der Waals surface area contributed by atoms with Crippen LogP contribution < -0.4 is 4.74 Å². The summed E-state index contributed by atoms with van der Waals surface area (Å²) in [4.78, 5) is 12.6. The number of hydrogen-bond donors (Lipinski definition) is 1. The maximum atomic E-state index is 12.6. The van der Waals surface area contributed by atoms with Gasteiger partial charge in [-0.3, -0.25) is 4.79 Å². The predicted octanol–water partition coefficient (Wildman–Crippen LogP) is 4.69. The average Bonchev–Trinajstić information content (AvgIpc) is 2.62. The van der Waals surface area contributed by atoms with Crippen LogP contribution >= 0.6 is 0 Å². The van der Waals surface area contributed by atoms with Gasteiger partial charge in [0.05, 0.1) is 12.2 Å². The summed E-state index contributed by atoms with van der Waals surface area (Å²) in [6, 6.07) is 22.1. The van der Waals surface area contributed by atoms with Crippen LogP contribution in [-0.4, -0.2) is 17.5 Å². The topological polar surface area (TPSA) is 46.5 Å². The number of benzene rings is 3. The van der Waals surface area contributed by atoms with Crippen molar-refractivity contribution in [3.63, 3.8) is 0 Å². The van der Waals surface area contributed by atoms with Gasteiger partial charge in [-0.2, -0.15) is 0 Å². The van der Waals surface area contributed by atoms with Gasteiger partial charge in [-0.05, 0) is 30.2 Å². The van der Waals surface area contributed by atoms with E-state index in [0.29, 0.717) is 17.9 Å². The van der Waals surface area contributed by atoms with E-state index in [4.69, 9.17) is 4.74 Å². The molecule has 0 saturated carbocycles. The molecule has 3 aromatic carbocycles. The molecule has 3 nitrogen and oxygen atoms in total. The first-order valence-electron chi connectivity index (χ1n) is 7.85. The fourth-order valence-electron chi connectivity index (χ4n) is 2.56. The maximum Gasteiger partial charge on any atom is 0.196 e. The molecule has 0 unspecified atom stereocenters. The van der Waals surface area contributed by atoms with Crippen molar-refractivity contribution < 1.29 is 14.6 Å². The van der Waals surface area contributed by atoms with Crippen LogP contribution in [0.15, 0.2) is 72.8 Å². The van der Waals surface area contributed by atoms with Crippen molar-refractivity contribution in [3.05, 3.63) is 83.9 Å². The highest BCUT2D eigenvalue weighted by molar-refractivity contribution is 6.10. The third kappa shape index (κ3) is 3.30. The molecule has 3 rings (SSSR count). The number of hydrogen-bond acceptors (Lipinski definition) is 3. The van der Waals surface area contributed by atoms with E-state index in [1.54, 1.807) is 24.3 Å². The minimum atomic E-state index is -0.213. The molecule has 24 heavy (non-hydrogen) atoms. The lowest BCUT2D eigenvalue weighted by Crippen LogP contribution is -2.02. The minimum Gasteiger partial charge on any atom is -0.507 e. The van der Waals surface area contributed by atoms with Crippen molar-refractivity contribution in [1.29, 1.82) is 0 Å². The van der Waals surface area contributed by atoms with E-state index in [1.807, 2.05) is 49.4 Å². The summed E-state index contributed by atoms with van der Waals surface area (Å²) >= 11 is 0. The van der Waals surface area contributed by atoms with E-state index in [-0.39, 0.29) is 17.1 Å². The van der Waals surface area contributed by atoms with Gasteiger partial charge in [0.2, 0.25) is 0 Å². The van der Waals surface area contributed by atoms with Crippen molar-refractivity contribution in [3.8, 4) is 22.6 Å². The first kappa shape index (κ1) is 15.8. The summed E-state index contributed by atoms with van der Waals surface area (Å²) in [6.07, 6.45) is 0. The lowest BCUT2D eigenvalue weighted by Gasteiger charge is -2.08. The first-order valence-corrected chi connectivity index (χ1v) is 7.85. The van der Waals surface area contributed by atoms with E-state index >= 15 is 0 Å². The van der Waals surface area contributed by atoms with Crippen molar-refractivity contribution in [2.24, 2.45) is 0 Å². The number of carbonyl (C=O) groups excluding carboxylic acids is 1. The Balaban J connectivity index is 1.85.